The zero-order valence-corrected chi connectivity index (χ0v) is 34.0. The largest absolute Gasteiger partial charge is 0.310 e. The highest BCUT2D eigenvalue weighted by Gasteiger charge is 2.51. The predicted molar refractivity (Wildman–Crippen MR) is 261 cm³/mol. The molecule has 0 aromatic heterocycles. The van der Waals surface area contributed by atoms with Crippen LogP contribution in [0.15, 0.2) is 237 Å². The van der Waals surface area contributed by atoms with Gasteiger partial charge in [-0.3, -0.25) is 0 Å². The summed E-state index contributed by atoms with van der Waals surface area (Å²) in [5, 5.41) is 7.62. The zero-order chi connectivity index (χ0) is 40.8. The van der Waals surface area contributed by atoms with Crippen LogP contribution in [0.5, 0.6) is 0 Å². The number of anilines is 3. The van der Waals surface area contributed by atoms with Gasteiger partial charge in [0.1, 0.15) is 0 Å². The molecule has 0 saturated heterocycles. The lowest BCUT2D eigenvalue weighted by Gasteiger charge is -2.31. The summed E-state index contributed by atoms with van der Waals surface area (Å²) >= 11 is 0. The Morgan fingerprint density at radius 1 is 0.226 bits per heavy atom. The minimum Gasteiger partial charge on any atom is -0.310 e. The van der Waals surface area contributed by atoms with Crippen molar-refractivity contribution in [1.29, 1.82) is 0 Å². The fraction of sp³-hybridized carbons (Fsp3) is 0.0164. The van der Waals surface area contributed by atoms with Crippen molar-refractivity contribution in [3.63, 3.8) is 0 Å². The summed E-state index contributed by atoms with van der Waals surface area (Å²) < 4.78 is 0. The van der Waals surface area contributed by atoms with Gasteiger partial charge in [0.05, 0.1) is 5.41 Å². The van der Waals surface area contributed by atoms with Crippen LogP contribution >= 0.6 is 0 Å². The monoisotopic (exact) mass is 785 g/mol. The van der Waals surface area contributed by atoms with Gasteiger partial charge in [0.25, 0.3) is 0 Å². The quantitative estimate of drug-likeness (QED) is 0.157. The van der Waals surface area contributed by atoms with Gasteiger partial charge < -0.3 is 4.90 Å². The fourth-order valence-electron chi connectivity index (χ4n) is 11.0. The van der Waals surface area contributed by atoms with Crippen molar-refractivity contribution in [3.8, 4) is 44.5 Å². The highest BCUT2D eigenvalue weighted by Crippen LogP contribution is 2.63. The molecule has 0 radical (unpaired) electrons. The van der Waals surface area contributed by atoms with Gasteiger partial charge >= 0.3 is 0 Å². The van der Waals surface area contributed by atoms with Crippen molar-refractivity contribution in [2.24, 2.45) is 0 Å². The van der Waals surface area contributed by atoms with Crippen LogP contribution in [0.25, 0.3) is 76.8 Å². The van der Waals surface area contributed by atoms with Crippen LogP contribution in [0.2, 0.25) is 0 Å². The lowest BCUT2D eigenvalue weighted by molar-refractivity contribution is 0.794. The molecular weight excluding hydrogens is 747 g/mol. The molecule has 1 nitrogen and oxygen atoms in total. The second-order valence-corrected chi connectivity index (χ2v) is 16.8. The molecule has 2 aliphatic carbocycles. The standard InChI is InChI=1S/C61H39N/c1-2-14-40(15-3-1)41-26-28-42(29-27-41)43-30-32-44(33-31-43)62(45-34-36-51-49-18-5-4-16-47(49)48-17-6-7-19-50(48)55(51)38-45)46-35-37-60-56(39-46)54-22-10-13-25-59(54)61(60)57-23-11-8-20-52(57)53-21-9-12-24-58(53)61/h1-39H. The van der Waals surface area contributed by atoms with E-state index in [1.807, 2.05) is 0 Å². The topological polar surface area (TPSA) is 3.24 Å². The number of hydrogen-bond donors (Lipinski definition) is 0. The smallest absolute Gasteiger partial charge is 0.0725 e. The van der Waals surface area contributed by atoms with Crippen molar-refractivity contribution in [2.45, 2.75) is 5.41 Å². The zero-order valence-electron chi connectivity index (χ0n) is 34.0. The molecule has 0 fully saturated rings. The maximum absolute atomic E-state index is 2.45. The third-order valence-corrected chi connectivity index (χ3v) is 13.7. The van der Waals surface area contributed by atoms with E-state index >= 15 is 0 Å². The molecule has 0 bridgehead atoms. The van der Waals surface area contributed by atoms with Gasteiger partial charge in [-0.25, -0.2) is 0 Å². The minimum absolute atomic E-state index is 0.386. The van der Waals surface area contributed by atoms with E-state index in [1.54, 1.807) is 0 Å². The van der Waals surface area contributed by atoms with E-state index in [1.165, 1.54) is 99.1 Å². The molecular formula is C61H39N. The maximum atomic E-state index is 2.45. The molecule has 0 amide bonds. The molecule has 0 aliphatic heterocycles. The van der Waals surface area contributed by atoms with E-state index in [0.717, 1.165) is 17.1 Å². The van der Waals surface area contributed by atoms with E-state index < -0.39 is 0 Å². The average Bonchev–Trinajstić information content (AvgIpc) is 3.82. The predicted octanol–water partition coefficient (Wildman–Crippen LogP) is 16.3. The van der Waals surface area contributed by atoms with Crippen LogP contribution in [0.4, 0.5) is 17.1 Å². The maximum Gasteiger partial charge on any atom is 0.0725 e. The summed E-state index contributed by atoms with van der Waals surface area (Å²) in [5.41, 5.74) is 18.4. The third-order valence-electron chi connectivity index (χ3n) is 13.7. The number of rotatable bonds is 5. The molecule has 0 N–H and O–H groups in total. The van der Waals surface area contributed by atoms with Crippen LogP contribution in [-0.2, 0) is 5.41 Å². The van der Waals surface area contributed by atoms with Gasteiger partial charge in [0, 0.05) is 17.1 Å². The molecule has 11 aromatic rings. The lowest BCUT2D eigenvalue weighted by atomic mass is 9.70. The summed E-state index contributed by atoms with van der Waals surface area (Å²) in [6.45, 7) is 0. The summed E-state index contributed by atoms with van der Waals surface area (Å²) in [7, 11) is 0. The first-order valence-corrected chi connectivity index (χ1v) is 21.6. The van der Waals surface area contributed by atoms with E-state index in [9.17, 15) is 0 Å². The molecule has 2 aliphatic rings. The summed E-state index contributed by atoms with van der Waals surface area (Å²) in [5.74, 6) is 0. The summed E-state index contributed by atoms with van der Waals surface area (Å²) in [4.78, 5) is 2.45. The van der Waals surface area contributed by atoms with E-state index in [-0.39, 0.29) is 5.41 Å². The molecule has 1 heteroatoms. The Hall–Kier alpha value is -8.00. The molecule has 0 heterocycles. The normalized spacial score (nSPS) is 13.0. The van der Waals surface area contributed by atoms with Crippen LogP contribution in [0.1, 0.15) is 22.3 Å². The second kappa shape index (κ2) is 13.5. The van der Waals surface area contributed by atoms with Gasteiger partial charge in [-0.15, -0.1) is 0 Å². The Balaban J connectivity index is 1.01. The van der Waals surface area contributed by atoms with Crippen molar-refractivity contribution >= 4 is 49.4 Å². The summed E-state index contributed by atoms with van der Waals surface area (Å²) in [6.07, 6.45) is 0. The molecule has 62 heavy (non-hydrogen) atoms. The average molecular weight is 786 g/mol. The first-order chi connectivity index (χ1) is 30.8. The number of fused-ring (bicyclic) bond motifs is 16. The second-order valence-electron chi connectivity index (χ2n) is 16.8. The molecule has 11 aromatic carbocycles. The number of benzene rings is 11. The number of nitrogens with zero attached hydrogens (tertiary/aromatic N) is 1. The van der Waals surface area contributed by atoms with E-state index in [0.29, 0.717) is 0 Å². The van der Waals surface area contributed by atoms with E-state index in [4.69, 9.17) is 0 Å². The van der Waals surface area contributed by atoms with Gasteiger partial charge in [0.2, 0.25) is 0 Å². The fourth-order valence-corrected chi connectivity index (χ4v) is 11.0. The minimum atomic E-state index is -0.386. The lowest BCUT2D eigenvalue weighted by Crippen LogP contribution is -2.25. The van der Waals surface area contributed by atoms with Crippen molar-refractivity contribution < 1.29 is 0 Å². The van der Waals surface area contributed by atoms with Crippen LogP contribution in [-0.4, -0.2) is 0 Å². The molecule has 0 atom stereocenters. The van der Waals surface area contributed by atoms with Gasteiger partial charge in [-0.1, -0.05) is 200 Å². The molecule has 1 spiro atoms. The Kier molecular flexibility index (Phi) is 7.59. The molecule has 13 rings (SSSR count). The third kappa shape index (κ3) is 4.97. The molecule has 0 saturated carbocycles. The first kappa shape index (κ1) is 34.8. The van der Waals surface area contributed by atoms with Crippen molar-refractivity contribution in [3.05, 3.63) is 259 Å². The Bertz CT molecular complexity index is 3480. The Morgan fingerprint density at radius 2 is 0.581 bits per heavy atom. The van der Waals surface area contributed by atoms with Gasteiger partial charge in [-0.2, -0.15) is 0 Å². The Morgan fingerprint density at radius 3 is 1.13 bits per heavy atom. The Labute approximate surface area is 361 Å². The van der Waals surface area contributed by atoms with Crippen LogP contribution < -0.4 is 4.90 Å². The highest BCUT2D eigenvalue weighted by atomic mass is 15.1. The molecule has 288 valence electrons. The highest BCUT2D eigenvalue weighted by molar-refractivity contribution is 6.25. The summed E-state index contributed by atoms with van der Waals surface area (Å²) in [6, 6.07) is 87.8. The van der Waals surface area contributed by atoms with Crippen molar-refractivity contribution in [2.75, 3.05) is 4.90 Å². The number of hydrogen-bond acceptors (Lipinski definition) is 1. The molecule has 0 unspecified atom stereocenters. The van der Waals surface area contributed by atoms with Gasteiger partial charge in [0.15, 0.2) is 0 Å². The van der Waals surface area contributed by atoms with Gasteiger partial charge in [-0.05, 0) is 135 Å². The first-order valence-electron chi connectivity index (χ1n) is 21.6. The van der Waals surface area contributed by atoms with E-state index in [2.05, 4.69) is 241 Å². The van der Waals surface area contributed by atoms with Crippen LogP contribution in [0, 0.1) is 0 Å². The van der Waals surface area contributed by atoms with Crippen molar-refractivity contribution in [1.82, 2.24) is 0 Å². The SMILES string of the molecule is c1ccc(-c2ccc(-c3ccc(N(c4ccc5c(c4)-c4ccccc4C54c5ccccc5-c5ccccc54)c4ccc5c6ccccc6c6ccccc6c5c4)cc3)cc2)cc1. The van der Waals surface area contributed by atoms with Crippen LogP contribution in [0.3, 0.4) is 0 Å².